The lowest BCUT2D eigenvalue weighted by Gasteiger charge is -2.24. The number of carbonyl (C=O) groups is 1. The summed E-state index contributed by atoms with van der Waals surface area (Å²) in [4.78, 5) is 20.1. The Morgan fingerprint density at radius 3 is 2.19 bits per heavy atom. The van der Waals surface area contributed by atoms with Gasteiger partial charge in [-0.1, -0.05) is 35.3 Å². The van der Waals surface area contributed by atoms with Gasteiger partial charge in [-0.05, 0) is 31.5 Å². The van der Waals surface area contributed by atoms with E-state index in [0.717, 1.165) is 5.56 Å². The molecule has 110 valence electrons. The van der Waals surface area contributed by atoms with Crippen molar-refractivity contribution in [3.63, 3.8) is 0 Å². The molecule has 1 aromatic heterocycles. The van der Waals surface area contributed by atoms with Crippen molar-refractivity contribution in [3.05, 3.63) is 46.5 Å². The van der Waals surface area contributed by atoms with Crippen LogP contribution >= 0.6 is 23.2 Å². The van der Waals surface area contributed by atoms with E-state index in [4.69, 9.17) is 28.9 Å². The lowest BCUT2D eigenvalue weighted by molar-refractivity contribution is -0.120. The molecule has 0 saturated heterocycles. The second-order valence-corrected chi connectivity index (χ2v) is 5.75. The van der Waals surface area contributed by atoms with E-state index in [2.05, 4.69) is 15.3 Å². The Morgan fingerprint density at radius 1 is 1.14 bits per heavy atom. The van der Waals surface area contributed by atoms with Crippen molar-refractivity contribution in [2.75, 3.05) is 11.1 Å². The van der Waals surface area contributed by atoms with Gasteiger partial charge in [-0.25, -0.2) is 9.97 Å². The zero-order valence-electron chi connectivity index (χ0n) is 11.5. The second-order valence-electron chi connectivity index (χ2n) is 5.03. The van der Waals surface area contributed by atoms with Gasteiger partial charge in [0.15, 0.2) is 10.3 Å². The maximum absolute atomic E-state index is 12.5. The summed E-state index contributed by atoms with van der Waals surface area (Å²) in [5.74, 6) is -0.272. The van der Waals surface area contributed by atoms with Crippen molar-refractivity contribution in [1.29, 1.82) is 0 Å². The van der Waals surface area contributed by atoms with Crippen LogP contribution in [0.25, 0.3) is 0 Å². The quantitative estimate of drug-likeness (QED) is 0.670. The maximum Gasteiger partial charge on any atom is 0.234 e. The average molecular weight is 325 g/mol. The molecule has 1 aromatic carbocycles. The smallest absolute Gasteiger partial charge is 0.234 e. The third kappa shape index (κ3) is 3.25. The van der Waals surface area contributed by atoms with Crippen molar-refractivity contribution >= 4 is 40.5 Å². The van der Waals surface area contributed by atoms with Crippen LogP contribution in [0.1, 0.15) is 19.4 Å². The summed E-state index contributed by atoms with van der Waals surface area (Å²) < 4.78 is 0. The minimum atomic E-state index is -0.795. The lowest BCUT2D eigenvalue weighted by Crippen LogP contribution is -2.35. The topological polar surface area (TPSA) is 80.9 Å². The van der Waals surface area contributed by atoms with Gasteiger partial charge in [0.2, 0.25) is 5.91 Å². The van der Waals surface area contributed by atoms with E-state index in [1.807, 2.05) is 0 Å². The zero-order valence-corrected chi connectivity index (χ0v) is 13.0. The molecule has 3 N–H and O–H groups in total. The third-order valence-electron chi connectivity index (χ3n) is 3.19. The number of nitrogens with two attached hydrogens (primary N) is 1. The molecule has 0 aliphatic rings. The van der Waals surface area contributed by atoms with Crippen LogP contribution in [-0.2, 0) is 10.2 Å². The molecule has 0 radical (unpaired) electrons. The normalized spacial score (nSPS) is 11.2. The molecule has 0 aliphatic heterocycles. The van der Waals surface area contributed by atoms with Crippen molar-refractivity contribution in [3.8, 4) is 0 Å². The standard InChI is InChI=1S/C14H14Cl2N4O/c1-14(2,8-3-5-9(17)6-4-8)13(21)20-10-11(15)18-7-19-12(10)16/h3-7H,17H2,1-2H3,(H,20,21). The number of hydrogen-bond donors (Lipinski definition) is 2. The maximum atomic E-state index is 12.5. The zero-order chi connectivity index (χ0) is 15.6. The van der Waals surface area contributed by atoms with Gasteiger partial charge >= 0.3 is 0 Å². The van der Waals surface area contributed by atoms with E-state index >= 15 is 0 Å². The minimum Gasteiger partial charge on any atom is -0.399 e. The molecular weight excluding hydrogens is 311 g/mol. The van der Waals surface area contributed by atoms with Crippen LogP contribution in [0.15, 0.2) is 30.6 Å². The number of halogens is 2. The van der Waals surface area contributed by atoms with Crippen LogP contribution < -0.4 is 11.1 Å². The molecular formula is C14H14Cl2N4O. The van der Waals surface area contributed by atoms with E-state index < -0.39 is 5.41 Å². The molecule has 0 unspecified atom stereocenters. The Labute approximate surface area is 132 Å². The Kier molecular flexibility index (Phi) is 4.34. The summed E-state index contributed by atoms with van der Waals surface area (Å²) in [7, 11) is 0. The first-order valence-corrected chi connectivity index (χ1v) is 6.91. The summed E-state index contributed by atoms with van der Waals surface area (Å²) in [6, 6.07) is 7.10. The Hall–Kier alpha value is -1.85. The molecule has 2 rings (SSSR count). The fourth-order valence-corrected chi connectivity index (χ4v) is 2.16. The molecule has 0 saturated carbocycles. The lowest BCUT2D eigenvalue weighted by atomic mass is 9.83. The molecule has 0 aliphatic carbocycles. The van der Waals surface area contributed by atoms with Gasteiger partial charge < -0.3 is 11.1 Å². The van der Waals surface area contributed by atoms with Crippen LogP contribution in [-0.4, -0.2) is 15.9 Å². The first-order chi connectivity index (χ1) is 9.82. The van der Waals surface area contributed by atoms with Gasteiger partial charge in [-0.2, -0.15) is 0 Å². The summed E-state index contributed by atoms with van der Waals surface area (Å²) in [5.41, 5.74) is 6.52. The van der Waals surface area contributed by atoms with Crippen molar-refractivity contribution in [1.82, 2.24) is 9.97 Å². The predicted molar refractivity (Wildman–Crippen MR) is 84.6 cm³/mol. The van der Waals surface area contributed by atoms with Gasteiger partial charge in [-0.3, -0.25) is 4.79 Å². The minimum absolute atomic E-state index is 0.0939. The number of anilines is 2. The molecule has 0 spiro atoms. The second kappa shape index (κ2) is 5.87. The highest BCUT2D eigenvalue weighted by molar-refractivity contribution is 6.38. The Balaban J connectivity index is 2.28. The largest absolute Gasteiger partial charge is 0.399 e. The predicted octanol–water partition coefficient (Wildman–Crippen LogP) is 3.28. The number of nitrogens with zero attached hydrogens (tertiary/aromatic N) is 2. The highest BCUT2D eigenvalue weighted by Gasteiger charge is 2.31. The van der Waals surface area contributed by atoms with Crippen LogP contribution in [0.4, 0.5) is 11.4 Å². The van der Waals surface area contributed by atoms with Gasteiger partial charge in [0.25, 0.3) is 0 Å². The molecule has 0 bridgehead atoms. The van der Waals surface area contributed by atoms with Gasteiger partial charge in [0.1, 0.15) is 12.0 Å². The van der Waals surface area contributed by atoms with Crippen LogP contribution in [0.3, 0.4) is 0 Å². The number of amides is 1. The number of carbonyl (C=O) groups excluding carboxylic acids is 1. The van der Waals surface area contributed by atoms with E-state index in [0.29, 0.717) is 5.69 Å². The average Bonchev–Trinajstić information content (AvgIpc) is 2.43. The molecule has 1 heterocycles. The molecule has 21 heavy (non-hydrogen) atoms. The number of nitrogen functional groups attached to an aromatic ring is 1. The molecule has 0 fully saturated rings. The monoisotopic (exact) mass is 324 g/mol. The number of nitrogens with one attached hydrogen (secondary N) is 1. The van der Waals surface area contributed by atoms with Crippen molar-refractivity contribution in [2.24, 2.45) is 0 Å². The summed E-state index contributed by atoms with van der Waals surface area (Å²) in [6.07, 6.45) is 1.23. The van der Waals surface area contributed by atoms with Crippen LogP contribution in [0.2, 0.25) is 10.3 Å². The third-order valence-corrected chi connectivity index (χ3v) is 3.77. The first-order valence-electron chi connectivity index (χ1n) is 6.16. The van der Waals surface area contributed by atoms with Gasteiger partial charge in [0.05, 0.1) is 5.41 Å². The number of hydrogen-bond acceptors (Lipinski definition) is 4. The Bertz CT molecular complexity index is 651. The SMILES string of the molecule is CC(C)(C(=O)Nc1c(Cl)ncnc1Cl)c1ccc(N)cc1. The van der Waals surface area contributed by atoms with Crippen molar-refractivity contribution < 1.29 is 4.79 Å². The number of benzene rings is 1. The van der Waals surface area contributed by atoms with Crippen molar-refractivity contribution in [2.45, 2.75) is 19.3 Å². The molecule has 2 aromatic rings. The first kappa shape index (κ1) is 15.5. The fourth-order valence-electron chi connectivity index (χ4n) is 1.75. The van der Waals surface area contributed by atoms with E-state index in [-0.39, 0.29) is 21.9 Å². The summed E-state index contributed by atoms with van der Waals surface area (Å²) in [6.45, 7) is 3.58. The van der Waals surface area contributed by atoms with Crippen LogP contribution in [0.5, 0.6) is 0 Å². The summed E-state index contributed by atoms with van der Waals surface area (Å²) >= 11 is 11.8. The fraction of sp³-hybridized carbons (Fsp3) is 0.214. The van der Waals surface area contributed by atoms with E-state index in [1.54, 1.807) is 38.1 Å². The van der Waals surface area contributed by atoms with Crippen LogP contribution in [0, 0.1) is 0 Å². The molecule has 1 amide bonds. The Morgan fingerprint density at radius 2 is 1.67 bits per heavy atom. The number of rotatable bonds is 3. The van der Waals surface area contributed by atoms with E-state index in [9.17, 15) is 4.79 Å². The summed E-state index contributed by atoms with van der Waals surface area (Å²) in [5, 5.41) is 2.86. The highest BCUT2D eigenvalue weighted by atomic mass is 35.5. The van der Waals surface area contributed by atoms with Gasteiger partial charge in [-0.15, -0.1) is 0 Å². The molecule has 5 nitrogen and oxygen atoms in total. The molecule has 0 atom stereocenters. The van der Waals surface area contributed by atoms with E-state index in [1.165, 1.54) is 6.33 Å². The molecule has 7 heteroatoms. The number of aromatic nitrogens is 2. The van der Waals surface area contributed by atoms with Gasteiger partial charge in [0, 0.05) is 5.69 Å². The highest BCUT2D eigenvalue weighted by Crippen LogP contribution is 2.30.